The Balaban J connectivity index is 2.53. The summed E-state index contributed by atoms with van der Waals surface area (Å²) in [4.78, 5) is 35.4. The average Bonchev–Trinajstić information content (AvgIpc) is 3.10. The van der Waals surface area contributed by atoms with Gasteiger partial charge in [0.25, 0.3) is 0 Å². The lowest BCUT2D eigenvalue weighted by Crippen LogP contribution is -2.64. The Morgan fingerprint density at radius 2 is 0.882 bits per heavy atom. The summed E-state index contributed by atoms with van der Waals surface area (Å²) >= 11 is 0. The van der Waals surface area contributed by atoms with Gasteiger partial charge in [-0.3, -0.25) is 18.6 Å². The van der Waals surface area contributed by atoms with Crippen LogP contribution in [0, 0.1) is 0 Å². The first kappa shape index (κ1) is 47.9. The summed E-state index contributed by atoms with van der Waals surface area (Å²) in [5, 5.41) is 49.9. The van der Waals surface area contributed by atoms with Gasteiger partial charge in [-0.05, 0) is 12.8 Å². The minimum atomic E-state index is -5.10. The monoisotopic (exact) mass is 754 g/mol. The lowest BCUT2D eigenvalue weighted by Gasteiger charge is -2.41. The standard InChI is InChI=1S/C37H71O13P/c1-3-5-7-9-11-13-14-15-16-18-20-22-24-26-31(39)49-29(27-47-30(38)25-23-21-19-17-12-10-8-6-4-2)28-48-51(45,46)50-37-35(43)33(41)32(40)34(42)36(37)44/h29,32-37,40-44H,3-28H2,1-2H3,(H,45,46)/t29-,32?,33-,34?,35?,36?,37?/m1/s1. The highest BCUT2D eigenvalue weighted by Crippen LogP contribution is 2.47. The van der Waals surface area contributed by atoms with Crippen LogP contribution in [0.15, 0.2) is 0 Å². The Labute approximate surface area is 306 Å². The third kappa shape index (κ3) is 22.6. The summed E-state index contributed by atoms with van der Waals surface area (Å²) in [6.45, 7) is 3.25. The second kappa shape index (κ2) is 29.2. The number of aliphatic hydroxyl groups is 5. The number of esters is 2. The van der Waals surface area contributed by atoms with E-state index in [0.29, 0.717) is 12.8 Å². The topological polar surface area (TPSA) is 210 Å². The molecule has 0 aromatic carbocycles. The van der Waals surface area contributed by atoms with Crippen LogP contribution >= 0.6 is 7.82 Å². The normalized spacial score (nSPS) is 23.8. The van der Waals surface area contributed by atoms with Gasteiger partial charge in [0.15, 0.2) is 6.10 Å². The molecule has 1 aliphatic rings. The number of carbonyl (C=O) groups is 2. The van der Waals surface area contributed by atoms with Crippen LogP contribution in [0.3, 0.4) is 0 Å². The van der Waals surface area contributed by atoms with Crippen LogP contribution in [0.1, 0.15) is 168 Å². The van der Waals surface area contributed by atoms with Gasteiger partial charge in [0, 0.05) is 12.8 Å². The van der Waals surface area contributed by atoms with Crippen LogP contribution in [0.4, 0.5) is 0 Å². The predicted molar refractivity (Wildman–Crippen MR) is 194 cm³/mol. The molecule has 0 heterocycles. The molecular weight excluding hydrogens is 683 g/mol. The molecule has 0 aliphatic heterocycles. The Bertz CT molecular complexity index is 922. The minimum Gasteiger partial charge on any atom is -0.462 e. The molecule has 0 aromatic heterocycles. The lowest BCUT2D eigenvalue weighted by atomic mass is 9.85. The number of ether oxygens (including phenoxy) is 2. The first-order valence-electron chi connectivity index (χ1n) is 19.8. The summed E-state index contributed by atoms with van der Waals surface area (Å²) in [5.41, 5.74) is 0. The summed E-state index contributed by atoms with van der Waals surface area (Å²) in [6, 6.07) is 0. The first-order valence-corrected chi connectivity index (χ1v) is 21.3. The highest BCUT2D eigenvalue weighted by atomic mass is 31.2. The zero-order valence-electron chi connectivity index (χ0n) is 31.4. The smallest absolute Gasteiger partial charge is 0.462 e. The van der Waals surface area contributed by atoms with Gasteiger partial charge in [-0.1, -0.05) is 142 Å². The minimum absolute atomic E-state index is 0.104. The zero-order valence-corrected chi connectivity index (χ0v) is 32.3. The molecule has 1 fully saturated rings. The van der Waals surface area contributed by atoms with Crippen molar-refractivity contribution in [1.82, 2.24) is 0 Å². The highest BCUT2D eigenvalue weighted by Gasteiger charge is 2.51. The second-order valence-corrected chi connectivity index (χ2v) is 15.6. The van der Waals surface area contributed by atoms with Gasteiger partial charge in [-0.25, -0.2) is 4.57 Å². The first-order chi connectivity index (χ1) is 24.4. The third-order valence-corrected chi connectivity index (χ3v) is 10.4. The van der Waals surface area contributed by atoms with Gasteiger partial charge in [-0.15, -0.1) is 0 Å². The van der Waals surface area contributed by atoms with E-state index in [9.17, 15) is 44.6 Å². The molecule has 13 nitrogen and oxygen atoms in total. The van der Waals surface area contributed by atoms with Gasteiger partial charge in [0.05, 0.1) is 6.61 Å². The van der Waals surface area contributed by atoms with Crippen LogP contribution in [0.2, 0.25) is 0 Å². The van der Waals surface area contributed by atoms with Crippen LogP contribution in [-0.4, -0.2) is 98.3 Å². The van der Waals surface area contributed by atoms with Crippen molar-refractivity contribution < 1.29 is 63.1 Å². The van der Waals surface area contributed by atoms with Gasteiger partial charge in [0.2, 0.25) is 0 Å². The molecule has 6 N–H and O–H groups in total. The molecule has 51 heavy (non-hydrogen) atoms. The van der Waals surface area contributed by atoms with E-state index in [2.05, 4.69) is 13.8 Å². The van der Waals surface area contributed by atoms with E-state index < -0.39 is 75.7 Å². The van der Waals surface area contributed by atoms with E-state index >= 15 is 0 Å². The number of hydrogen-bond donors (Lipinski definition) is 6. The van der Waals surface area contributed by atoms with E-state index in [-0.39, 0.29) is 12.8 Å². The van der Waals surface area contributed by atoms with E-state index in [4.69, 9.17) is 18.5 Å². The molecule has 0 saturated heterocycles. The summed E-state index contributed by atoms with van der Waals surface area (Å²) in [5.74, 6) is -1.09. The van der Waals surface area contributed by atoms with E-state index in [1.165, 1.54) is 89.9 Å². The number of phosphoric acid groups is 1. The number of carbonyl (C=O) groups excluding carboxylic acids is 2. The average molecular weight is 755 g/mol. The maximum atomic E-state index is 12.7. The SMILES string of the molecule is CCCCCCCCCCCCCCCC(=O)O[C@H](COC(=O)CCCCCCCCCCC)COP(=O)(O)OC1C(O)C(O)C(O)[C@@H](O)C1O. The van der Waals surface area contributed by atoms with E-state index in [1.807, 2.05) is 0 Å². The third-order valence-electron chi connectivity index (χ3n) is 9.45. The summed E-state index contributed by atoms with van der Waals surface area (Å²) in [6.07, 6.45) is 11.9. The van der Waals surface area contributed by atoms with Crippen molar-refractivity contribution in [2.45, 2.75) is 211 Å². The van der Waals surface area contributed by atoms with Crippen LogP contribution in [0.5, 0.6) is 0 Å². The Morgan fingerprint density at radius 1 is 0.529 bits per heavy atom. The van der Waals surface area contributed by atoms with Crippen LogP contribution in [0.25, 0.3) is 0 Å². The zero-order chi connectivity index (χ0) is 37.9. The number of rotatable bonds is 32. The molecule has 6 unspecified atom stereocenters. The molecule has 0 aromatic rings. The van der Waals surface area contributed by atoms with Crippen molar-refractivity contribution in [3.05, 3.63) is 0 Å². The largest absolute Gasteiger partial charge is 0.472 e. The fraction of sp³-hybridized carbons (Fsp3) is 0.946. The quantitative estimate of drug-likeness (QED) is 0.0258. The number of phosphoric ester groups is 1. The number of hydrogen-bond acceptors (Lipinski definition) is 12. The Kier molecular flexibility index (Phi) is 27.4. The molecule has 1 rings (SSSR count). The molecule has 1 saturated carbocycles. The lowest BCUT2D eigenvalue weighted by molar-refractivity contribution is -0.220. The molecule has 14 heteroatoms. The van der Waals surface area contributed by atoms with Gasteiger partial charge < -0.3 is 39.9 Å². The van der Waals surface area contributed by atoms with E-state index in [0.717, 1.165) is 38.5 Å². The van der Waals surface area contributed by atoms with Gasteiger partial charge in [0.1, 0.15) is 43.2 Å². The molecule has 302 valence electrons. The number of unbranched alkanes of at least 4 members (excludes halogenated alkanes) is 20. The van der Waals surface area contributed by atoms with Crippen molar-refractivity contribution in [2.75, 3.05) is 13.2 Å². The predicted octanol–water partition coefficient (Wildman–Crippen LogP) is 6.16. The maximum Gasteiger partial charge on any atom is 0.472 e. The molecular formula is C37H71O13P. The van der Waals surface area contributed by atoms with Crippen molar-refractivity contribution in [2.24, 2.45) is 0 Å². The molecule has 1 aliphatic carbocycles. The molecule has 0 radical (unpaired) electrons. The fourth-order valence-electron chi connectivity index (χ4n) is 6.17. The summed E-state index contributed by atoms with van der Waals surface area (Å²) < 4.78 is 33.3. The van der Waals surface area contributed by atoms with Crippen molar-refractivity contribution in [1.29, 1.82) is 0 Å². The van der Waals surface area contributed by atoms with Gasteiger partial charge in [-0.2, -0.15) is 0 Å². The number of aliphatic hydroxyl groups excluding tert-OH is 5. The maximum absolute atomic E-state index is 12.7. The molecule has 0 amide bonds. The Morgan fingerprint density at radius 3 is 1.29 bits per heavy atom. The van der Waals surface area contributed by atoms with Crippen molar-refractivity contribution in [3.63, 3.8) is 0 Å². The van der Waals surface area contributed by atoms with Crippen molar-refractivity contribution in [3.8, 4) is 0 Å². The molecule has 0 bridgehead atoms. The van der Waals surface area contributed by atoms with Crippen LogP contribution in [-0.2, 0) is 32.7 Å². The molecule has 8 atom stereocenters. The van der Waals surface area contributed by atoms with E-state index in [1.54, 1.807) is 0 Å². The van der Waals surface area contributed by atoms with Crippen molar-refractivity contribution >= 4 is 19.8 Å². The summed E-state index contributed by atoms with van der Waals surface area (Å²) in [7, 11) is -5.10. The Hall–Kier alpha value is -1.15. The molecule has 0 spiro atoms. The van der Waals surface area contributed by atoms with Crippen LogP contribution < -0.4 is 0 Å². The second-order valence-electron chi connectivity index (χ2n) is 14.2. The highest BCUT2D eigenvalue weighted by molar-refractivity contribution is 7.47. The fourth-order valence-corrected chi connectivity index (χ4v) is 7.14. The van der Waals surface area contributed by atoms with Gasteiger partial charge >= 0.3 is 19.8 Å².